The Morgan fingerprint density at radius 2 is 2.14 bits per heavy atom. The fourth-order valence-corrected chi connectivity index (χ4v) is 4.13. The lowest BCUT2D eigenvalue weighted by atomic mass is 9.90. The molecular formula is C12H16N2O5S2. The van der Waals surface area contributed by atoms with Gasteiger partial charge in [0.05, 0.1) is 15.2 Å². The number of carbonyl (C=O) groups excluding carboxylic acids is 1. The molecule has 116 valence electrons. The lowest BCUT2D eigenvalue weighted by Crippen LogP contribution is -2.34. The number of carboxylic acids is 1. The molecule has 0 radical (unpaired) electrons. The van der Waals surface area contributed by atoms with Gasteiger partial charge in [-0.05, 0) is 26.5 Å². The molecule has 2 rings (SSSR count). The molecule has 1 aromatic heterocycles. The van der Waals surface area contributed by atoms with Crippen LogP contribution in [0.3, 0.4) is 0 Å². The molecule has 1 aromatic rings. The number of rotatable bonds is 4. The highest BCUT2D eigenvalue weighted by Crippen LogP contribution is 2.32. The number of amides is 1. The van der Waals surface area contributed by atoms with Crippen molar-refractivity contribution in [3.05, 3.63) is 16.3 Å². The molecule has 0 aliphatic carbocycles. The highest BCUT2D eigenvalue weighted by Gasteiger charge is 2.42. The third-order valence-corrected chi connectivity index (χ3v) is 6.10. The molecule has 21 heavy (non-hydrogen) atoms. The monoisotopic (exact) mass is 332 g/mol. The fraction of sp³-hybridized carbons (Fsp3) is 0.500. The quantitative estimate of drug-likeness (QED) is 0.840. The van der Waals surface area contributed by atoms with Gasteiger partial charge in [-0.15, -0.1) is 11.3 Å². The van der Waals surface area contributed by atoms with Gasteiger partial charge in [0.1, 0.15) is 0 Å². The maximum Gasteiger partial charge on any atom is 0.311 e. The van der Waals surface area contributed by atoms with Crippen LogP contribution in [-0.4, -0.2) is 50.4 Å². The van der Waals surface area contributed by atoms with Crippen molar-refractivity contribution in [3.8, 4) is 0 Å². The Kier molecular flexibility index (Phi) is 4.09. The van der Waals surface area contributed by atoms with Crippen LogP contribution in [0.1, 0.15) is 23.0 Å². The van der Waals surface area contributed by atoms with Crippen molar-refractivity contribution in [1.82, 2.24) is 9.62 Å². The molecule has 7 nitrogen and oxygen atoms in total. The van der Waals surface area contributed by atoms with Gasteiger partial charge in [-0.1, -0.05) is 0 Å². The average molecular weight is 332 g/mol. The summed E-state index contributed by atoms with van der Waals surface area (Å²) in [7, 11) is -2.28. The number of carbonyl (C=O) groups is 2. The topological polar surface area (TPSA) is 104 Å². The summed E-state index contributed by atoms with van der Waals surface area (Å²) in [4.78, 5) is 25.3. The predicted octanol–water partition coefficient (Wildman–Crippen LogP) is 0.593. The zero-order valence-electron chi connectivity index (χ0n) is 11.6. The number of likely N-dealkylation sites (tertiary alicyclic amines) is 1. The summed E-state index contributed by atoms with van der Waals surface area (Å²) in [6.07, 6.45) is 0.390. The number of carboxylic acid groups (broad SMARTS) is 1. The van der Waals surface area contributed by atoms with E-state index in [-0.39, 0.29) is 17.3 Å². The van der Waals surface area contributed by atoms with Crippen LogP contribution in [0, 0.1) is 5.41 Å². The largest absolute Gasteiger partial charge is 0.481 e. The highest BCUT2D eigenvalue weighted by atomic mass is 32.2. The molecule has 1 atom stereocenters. The third-order valence-electron chi connectivity index (χ3n) is 3.64. The van der Waals surface area contributed by atoms with Gasteiger partial charge >= 0.3 is 5.97 Å². The van der Waals surface area contributed by atoms with Crippen LogP contribution >= 0.6 is 11.3 Å². The molecular weight excluding hydrogens is 316 g/mol. The van der Waals surface area contributed by atoms with Crippen molar-refractivity contribution in [3.63, 3.8) is 0 Å². The Bertz CT molecular complexity index is 682. The number of aliphatic carboxylic acids is 1. The van der Waals surface area contributed by atoms with E-state index in [1.165, 1.54) is 23.4 Å². The average Bonchev–Trinajstić information content (AvgIpc) is 3.05. The number of hydrogen-bond acceptors (Lipinski definition) is 5. The van der Waals surface area contributed by atoms with E-state index in [9.17, 15) is 18.0 Å². The molecule has 1 fully saturated rings. The van der Waals surface area contributed by atoms with Gasteiger partial charge in [0, 0.05) is 18.5 Å². The first-order valence-corrected chi connectivity index (χ1v) is 8.61. The van der Waals surface area contributed by atoms with Crippen molar-refractivity contribution in [2.75, 3.05) is 20.1 Å². The zero-order valence-corrected chi connectivity index (χ0v) is 13.3. The van der Waals surface area contributed by atoms with Crippen LogP contribution in [0.25, 0.3) is 0 Å². The number of nitrogens with one attached hydrogen (secondary N) is 1. The summed E-state index contributed by atoms with van der Waals surface area (Å²) in [5.41, 5.74) is -0.938. The van der Waals surface area contributed by atoms with Crippen molar-refractivity contribution in [1.29, 1.82) is 0 Å². The van der Waals surface area contributed by atoms with E-state index >= 15 is 0 Å². The van der Waals surface area contributed by atoms with Gasteiger partial charge < -0.3 is 10.0 Å². The second-order valence-corrected chi connectivity index (χ2v) is 7.99. The van der Waals surface area contributed by atoms with Gasteiger partial charge in [0.25, 0.3) is 5.91 Å². The Balaban J connectivity index is 2.18. The van der Waals surface area contributed by atoms with Crippen LogP contribution < -0.4 is 4.72 Å². The van der Waals surface area contributed by atoms with Crippen molar-refractivity contribution < 1.29 is 23.1 Å². The summed E-state index contributed by atoms with van der Waals surface area (Å²) >= 11 is 1.04. The molecule has 2 heterocycles. The minimum atomic E-state index is -3.58. The predicted molar refractivity (Wildman–Crippen MR) is 76.8 cm³/mol. The second-order valence-electron chi connectivity index (χ2n) is 5.20. The molecule has 0 saturated carbocycles. The van der Waals surface area contributed by atoms with E-state index in [0.29, 0.717) is 17.8 Å². The van der Waals surface area contributed by atoms with Gasteiger partial charge in [0.15, 0.2) is 0 Å². The van der Waals surface area contributed by atoms with E-state index in [2.05, 4.69) is 4.72 Å². The summed E-state index contributed by atoms with van der Waals surface area (Å²) in [6.45, 7) is 2.09. The molecule has 0 bridgehead atoms. The summed E-state index contributed by atoms with van der Waals surface area (Å²) in [5.74, 6) is -1.26. The first-order chi connectivity index (χ1) is 9.69. The molecule has 1 unspecified atom stereocenters. The number of thiophene rings is 1. The normalized spacial score (nSPS) is 22.5. The minimum Gasteiger partial charge on any atom is -0.481 e. The maximum atomic E-state index is 12.3. The maximum absolute atomic E-state index is 12.3. The number of nitrogens with zero attached hydrogens (tertiary/aromatic N) is 1. The summed E-state index contributed by atoms with van der Waals surface area (Å²) < 4.78 is 25.5. The van der Waals surface area contributed by atoms with Crippen LogP contribution in [-0.2, 0) is 14.8 Å². The summed E-state index contributed by atoms with van der Waals surface area (Å²) in [5, 5.41) is 10.6. The minimum absolute atomic E-state index is 0.0403. The molecule has 0 aromatic carbocycles. The highest BCUT2D eigenvalue weighted by molar-refractivity contribution is 7.89. The van der Waals surface area contributed by atoms with Gasteiger partial charge in [0.2, 0.25) is 10.0 Å². The molecule has 1 aliphatic heterocycles. The third kappa shape index (κ3) is 2.94. The van der Waals surface area contributed by atoms with E-state index in [1.54, 1.807) is 6.92 Å². The Morgan fingerprint density at radius 1 is 1.48 bits per heavy atom. The smallest absolute Gasteiger partial charge is 0.311 e. The molecule has 1 amide bonds. The molecule has 9 heteroatoms. The molecule has 1 aliphatic rings. The van der Waals surface area contributed by atoms with Crippen LogP contribution in [0.5, 0.6) is 0 Å². The van der Waals surface area contributed by atoms with Crippen LogP contribution in [0.4, 0.5) is 0 Å². The van der Waals surface area contributed by atoms with E-state index in [0.717, 1.165) is 11.3 Å². The fourth-order valence-electron chi connectivity index (χ4n) is 2.15. The molecule has 2 N–H and O–H groups in total. The molecule has 1 saturated heterocycles. The second kappa shape index (κ2) is 5.39. The number of sulfonamides is 1. The summed E-state index contributed by atoms with van der Waals surface area (Å²) in [6, 6.07) is 1.31. The first-order valence-electron chi connectivity index (χ1n) is 6.24. The van der Waals surface area contributed by atoms with Crippen LogP contribution in [0.15, 0.2) is 16.3 Å². The van der Waals surface area contributed by atoms with Gasteiger partial charge in [-0.2, -0.15) is 0 Å². The van der Waals surface area contributed by atoms with Crippen molar-refractivity contribution >= 4 is 33.2 Å². The van der Waals surface area contributed by atoms with E-state index in [4.69, 9.17) is 5.11 Å². The lowest BCUT2D eigenvalue weighted by molar-refractivity contribution is -0.147. The SMILES string of the molecule is CNS(=O)(=O)c1csc(C(=O)N2CCC(C)(C(=O)O)C2)c1. The first kappa shape index (κ1) is 15.9. The van der Waals surface area contributed by atoms with Crippen LogP contribution in [0.2, 0.25) is 0 Å². The van der Waals surface area contributed by atoms with Crippen molar-refractivity contribution in [2.45, 2.75) is 18.2 Å². The van der Waals surface area contributed by atoms with Crippen molar-refractivity contribution in [2.24, 2.45) is 5.41 Å². The van der Waals surface area contributed by atoms with Gasteiger partial charge in [-0.3, -0.25) is 9.59 Å². The Hall–Kier alpha value is -1.45. The Labute approximate surface area is 126 Å². The Morgan fingerprint density at radius 3 is 2.67 bits per heavy atom. The zero-order chi connectivity index (χ0) is 15.8. The van der Waals surface area contributed by atoms with E-state index < -0.39 is 21.4 Å². The lowest BCUT2D eigenvalue weighted by Gasteiger charge is -2.19. The van der Waals surface area contributed by atoms with Gasteiger partial charge in [-0.25, -0.2) is 13.1 Å². The number of hydrogen-bond donors (Lipinski definition) is 2. The standard InChI is InChI=1S/C12H16N2O5S2/c1-12(11(16)17)3-4-14(7-12)10(15)9-5-8(6-20-9)21(18,19)13-2/h5-6,13H,3-4,7H2,1-2H3,(H,16,17). The molecule has 0 spiro atoms. The van der Waals surface area contributed by atoms with E-state index in [1.807, 2.05) is 0 Å².